The fraction of sp³-hybridized carbons (Fsp3) is 0.250. The lowest BCUT2D eigenvalue weighted by atomic mass is 10.1. The van der Waals surface area contributed by atoms with Gasteiger partial charge >= 0.3 is 0 Å². The Morgan fingerprint density at radius 3 is 2.67 bits per heavy atom. The molecule has 0 aliphatic carbocycles. The number of benzene rings is 1. The van der Waals surface area contributed by atoms with E-state index in [0.717, 1.165) is 16.7 Å². The van der Waals surface area contributed by atoms with Gasteiger partial charge in [0.1, 0.15) is 0 Å². The Balaban J connectivity index is 2.04. The first-order chi connectivity index (χ1) is 10.1. The fourth-order valence-corrected chi connectivity index (χ4v) is 1.86. The van der Waals surface area contributed by atoms with Gasteiger partial charge in [-0.2, -0.15) is 0 Å². The molecule has 2 N–H and O–H groups in total. The van der Waals surface area contributed by atoms with Crippen LogP contribution in [0.25, 0.3) is 0 Å². The molecule has 0 aliphatic rings. The van der Waals surface area contributed by atoms with E-state index in [2.05, 4.69) is 17.0 Å². The van der Waals surface area contributed by atoms with Gasteiger partial charge < -0.3 is 15.2 Å². The highest BCUT2D eigenvalue weighted by atomic mass is 16.5. The Morgan fingerprint density at radius 1 is 1.38 bits per heavy atom. The minimum Gasteiger partial charge on any atom is -0.351 e. The van der Waals surface area contributed by atoms with Gasteiger partial charge in [0, 0.05) is 24.7 Å². The quantitative estimate of drug-likeness (QED) is 0.868. The largest absolute Gasteiger partial charge is 0.351 e. The summed E-state index contributed by atoms with van der Waals surface area (Å²) in [7, 11) is 1.73. The highest BCUT2D eigenvalue weighted by molar-refractivity contribution is 5.92. The third-order valence-corrected chi connectivity index (χ3v) is 3.00. The maximum absolute atomic E-state index is 12.2. The second kappa shape index (κ2) is 6.73. The SMILES string of the molecule is Cc1cnoc1C(=O)N(C)Cc1ccc(C#CCN)cc1. The Hall–Kier alpha value is -2.58. The molecule has 5 nitrogen and oxygen atoms in total. The van der Waals surface area contributed by atoms with Gasteiger partial charge in [0.15, 0.2) is 0 Å². The van der Waals surface area contributed by atoms with Gasteiger partial charge in [0.05, 0.1) is 12.7 Å². The van der Waals surface area contributed by atoms with Crippen LogP contribution in [0, 0.1) is 18.8 Å². The number of nitrogens with zero attached hydrogens (tertiary/aromatic N) is 2. The summed E-state index contributed by atoms with van der Waals surface area (Å²) in [5.41, 5.74) is 7.99. The van der Waals surface area contributed by atoms with E-state index in [-0.39, 0.29) is 11.7 Å². The van der Waals surface area contributed by atoms with Gasteiger partial charge in [-0.05, 0) is 24.6 Å². The third kappa shape index (κ3) is 3.71. The average molecular weight is 283 g/mol. The van der Waals surface area contributed by atoms with E-state index < -0.39 is 0 Å². The molecule has 2 aromatic rings. The van der Waals surface area contributed by atoms with Crippen molar-refractivity contribution in [3.63, 3.8) is 0 Å². The van der Waals surface area contributed by atoms with Crippen molar-refractivity contribution in [2.24, 2.45) is 5.73 Å². The summed E-state index contributed by atoms with van der Waals surface area (Å²) in [6.07, 6.45) is 1.53. The lowest BCUT2D eigenvalue weighted by Crippen LogP contribution is -2.26. The number of rotatable bonds is 3. The molecule has 5 heteroatoms. The Kier molecular flexibility index (Phi) is 4.75. The molecule has 0 fully saturated rings. The molecule has 108 valence electrons. The summed E-state index contributed by atoms with van der Waals surface area (Å²) in [4.78, 5) is 13.8. The number of carbonyl (C=O) groups is 1. The molecule has 21 heavy (non-hydrogen) atoms. The molecule has 0 spiro atoms. The van der Waals surface area contributed by atoms with E-state index in [4.69, 9.17) is 10.3 Å². The summed E-state index contributed by atoms with van der Waals surface area (Å²) in [6, 6.07) is 7.71. The molecule has 0 saturated carbocycles. The number of nitrogens with two attached hydrogens (primary N) is 1. The molecule has 1 aromatic carbocycles. The summed E-state index contributed by atoms with van der Waals surface area (Å²) in [6.45, 7) is 2.63. The van der Waals surface area contributed by atoms with Crippen molar-refractivity contribution in [2.75, 3.05) is 13.6 Å². The molecule has 1 heterocycles. The number of carbonyl (C=O) groups excluding carboxylic acids is 1. The van der Waals surface area contributed by atoms with Crippen molar-refractivity contribution in [3.8, 4) is 11.8 Å². The van der Waals surface area contributed by atoms with Crippen molar-refractivity contribution in [3.05, 3.63) is 52.9 Å². The van der Waals surface area contributed by atoms with E-state index in [1.165, 1.54) is 6.20 Å². The van der Waals surface area contributed by atoms with Crippen LogP contribution in [0.15, 0.2) is 35.0 Å². The second-order valence-corrected chi connectivity index (χ2v) is 4.70. The number of hydrogen-bond acceptors (Lipinski definition) is 4. The topological polar surface area (TPSA) is 72.4 Å². The number of hydrogen-bond donors (Lipinski definition) is 1. The first kappa shape index (κ1) is 14.8. The smallest absolute Gasteiger partial charge is 0.292 e. The van der Waals surface area contributed by atoms with Crippen molar-refractivity contribution in [2.45, 2.75) is 13.5 Å². The predicted molar refractivity (Wildman–Crippen MR) is 79.4 cm³/mol. The fourth-order valence-electron chi connectivity index (χ4n) is 1.86. The summed E-state index contributed by atoms with van der Waals surface area (Å²) in [5, 5.41) is 3.62. The average Bonchev–Trinajstić information content (AvgIpc) is 2.92. The molecule has 0 saturated heterocycles. The zero-order valence-electron chi connectivity index (χ0n) is 12.1. The monoisotopic (exact) mass is 283 g/mol. The van der Waals surface area contributed by atoms with Gasteiger partial charge in [0.2, 0.25) is 5.76 Å². The highest BCUT2D eigenvalue weighted by Gasteiger charge is 2.18. The van der Waals surface area contributed by atoms with Crippen molar-refractivity contribution >= 4 is 5.91 Å². The van der Waals surface area contributed by atoms with Crippen molar-refractivity contribution in [1.82, 2.24) is 10.1 Å². The Labute approximate surface area is 123 Å². The van der Waals surface area contributed by atoms with Crippen LogP contribution >= 0.6 is 0 Å². The molecule has 0 radical (unpaired) electrons. The highest BCUT2D eigenvalue weighted by Crippen LogP contribution is 2.12. The van der Waals surface area contributed by atoms with Crippen LogP contribution < -0.4 is 5.73 Å². The van der Waals surface area contributed by atoms with E-state index in [0.29, 0.717) is 13.1 Å². The molecule has 1 amide bonds. The molecule has 2 rings (SSSR count). The molecule has 0 aliphatic heterocycles. The third-order valence-electron chi connectivity index (χ3n) is 3.00. The first-order valence-corrected chi connectivity index (χ1v) is 6.56. The van der Waals surface area contributed by atoms with Gasteiger partial charge in [-0.25, -0.2) is 0 Å². The van der Waals surface area contributed by atoms with E-state index in [1.807, 2.05) is 24.3 Å². The Bertz CT molecular complexity index is 678. The summed E-state index contributed by atoms with van der Waals surface area (Å²) >= 11 is 0. The Morgan fingerprint density at radius 2 is 2.10 bits per heavy atom. The summed E-state index contributed by atoms with van der Waals surface area (Å²) in [5.74, 6) is 5.86. The van der Waals surface area contributed by atoms with Crippen LogP contribution in [0.4, 0.5) is 0 Å². The number of amides is 1. The van der Waals surface area contributed by atoms with Crippen LogP contribution in [0.3, 0.4) is 0 Å². The number of aromatic nitrogens is 1. The van der Waals surface area contributed by atoms with Gasteiger partial charge in [-0.3, -0.25) is 4.79 Å². The minimum absolute atomic E-state index is 0.183. The standard InChI is InChI=1S/C16H17N3O2/c1-12-10-18-21-15(12)16(20)19(2)11-14-7-5-13(6-8-14)4-3-9-17/h5-8,10H,9,11,17H2,1-2H3. The molecule has 0 atom stereocenters. The molecule has 1 aromatic heterocycles. The lowest BCUT2D eigenvalue weighted by Gasteiger charge is -2.15. The second-order valence-electron chi connectivity index (χ2n) is 4.70. The molecular formula is C16H17N3O2. The van der Waals surface area contributed by atoms with E-state index in [9.17, 15) is 4.79 Å². The number of aryl methyl sites for hydroxylation is 1. The predicted octanol–water partition coefficient (Wildman–Crippen LogP) is 1.57. The molecular weight excluding hydrogens is 266 g/mol. The van der Waals surface area contributed by atoms with E-state index in [1.54, 1.807) is 18.9 Å². The van der Waals surface area contributed by atoms with Crippen LogP contribution in [-0.4, -0.2) is 29.6 Å². The lowest BCUT2D eigenvalue weighted by molar-refractivity contribution is 0.0742. The minimum atomic E-state index is -0.183. The maximum atomic E-state index is 12.2. The van der Waals surface area contributed by atoms with E-state index >= 15 is 0 Å². The summed E-state index contributed by atoms with van der Waals surface area (Å²) < 4.78 is 4.98. The van der Waals surface area contributed by atoms with Gasteiger partial charge in [-0.1, -0.05) is 29.1 Å². The zero-order chi connectivity index (χ0) is 15.2. The van der Waals surface area contributed by atoms with Crippen LogP contribution in [0.5, 0.6) is 0 Å². The van der Waals surface area contributed by atoms with Crippen LogP contribution in [0.1, 0.15) is 27.2 Å². The maximum Gasteiger partial charge on any atom is 0.292 e. The molecule has 0 unspecified atom stereocenters. The zero-order valence-corrected chi connectivity index (χ0v) is 12.1. The molecule has 0 bridgehead atoms. The van der Waals surface area contributed by atoms with Crippen LogP contribution in [0.2, 0.25) is 0 Å². The normalized spacial score (nSPS) is 9.86. The first-order valence-electron chi connectivity index (χ1n) is 6.56. The van der Waals surface area contributed by atoms with Gasteiger partial charge in [-0.15, -0.1) is 0 Å². The van der Waals surface area contributed by atoms with Crippen molar-refractivity contribution < 1.29 is 9.32 Å². The van der Waals surface area contributed by atoms with Crippen LogP contribution in [-0.2, 0) is 6.54 Å². The van der Waals surface area contributed by atoms with Crippen molar-refractivity contribution in [1.29, 1.82) is 0 Å². The van der Waals surface area contributed by atoms with Gasteiger partial charge in [0.25, 0.3) is 5.91 Å².